The highest BCUT2D eigenvalue weighted by atomic mass is 16.6. The van der Waals surface area contributed by atoms with Crippen molar-refractivity contribution >= 4 is 18.0 Å². The summed E-state index contributed by atoms with van der Waals surface area (Å²) in [6, 6.07) is 3.09. The molecular formula is C26H32N4O5. The highest BCUT2D eigenvalue weighted by molar-refractivity contribution is 6.09. The zero-order chi connectivity index (χ0) is 26.1. The van der Waals surface area contributed by atoms with Crippen molar-refractivity contribution < 1.29 is 19.1 Å². The number of aromatic nitrogens is 3. The number of aromatic amines is 1. The molecule has 3 rings (SSSR count). The molecule has 1 N–H and O–H groups in total. The van der Waals surface area contributed by atoms with Crippen LogP contribution in [0.2, 0.25) is 0 Å². The van der Waals surface area contributed by atoms with Gasteiger partial charge in [0.2, 0.25) is 5.56 Å². The lowest BCUT2D eigenvalue weighted by atomic mass is 9.96. The van der Waals surface area contributed by atoms with Crippen LogP contribution in [0.25, 0.3) is 11.3 Å². The van der Waals surface area contributed by atoms with Crippen LogP contribution in [0.15, 0.2) is 23.1 Å². The van der Waals surface area contributed by atoms with E-state index in [9.17, 15) is 14.4 Å². The number of amides is 2. The number of imide groups is 1. The van der Waals surface area contributed by atoms with Crippen molar-refractivity contribution in [2.75, 3.05) is 4.90 Å². The highest BCUT2D eigenvalue weighted by Crippen LogP contribution is 2.43. The zero-order valence-electron chi connectivity index (χ0n) is 21.3. The van der Waals surface area contributed by atoms with Gasteiger partial charge in [-0.15, -0.1) is 6.42 Å². The molecule has 2 heterocycles. The number of terminal acetylenes is 1. The molecule has 1 atom stereocenters. The first-order chi connectivity index (χ1) is 16.2. The Morgan fingerprint density at radius 2 is 1.69 bits per heavy atom. The smallest absolute Gasteiger partial charge is 0.425 e. The quantitative estimate of drug-likeness (QED) is 0.612. The fourth-order valence-corrected chi connectivity index (χ4v) is 3.54. The molecule has 2 aromatic rings. The topological polar surface area (TPSA) is 114 Å². The van der Waals surface area contributed by atoms with Crippen molar-refractivity contribution in [3.8, 4) is 23.6 Å². The Balaban J connectivity index is 2.09. The maximum atomic E-state index is 13.0. The van der Waals surface area contributed by atoms with Gasteiger partial charge in [0.25, 0.3) is 0 Å². The van der Waals surface area contributed by atoms with Crippen LogP contribution in [0.3, 0.4) is 0 Å². The first kappa shape index (κ1) is 25.9. The highest BCUT2D eigenvalue weighted by Gasteiger charge is 2.36. The van der Waals surface area contributed by atoms with Crippen LogP contribution in [0, 0.1) is 18.3 Å². The Hall–Kier alpha value is -3.67. The first-order valence-electron chi connectivity index (χ1n) is 11.5. The van der Waals surface area contributed by atoms with Gasteiger partial charge in [-0.05, 0) is 78.2 Å². The van der Waals surface area contributed by atoms with Gasteiger partial charge in [-0.2, -0.15) is 4.90 Å². The van der Waals surface area contributed by atoms with Gasteiger partial charge >= 0.3 is 12.2 Å². The molecule has 1 saturated carbocycles. The van der Waals surface area contributed by atoms with Gasteiger partial charge in [0.15, 0.2) is 11.5 Å². The average Bonchev–Trinajstić information content (AvgIpc) is 3.56. The van der Waals surface area contributed by atoms with Gasteiger partial charge in [0.1, 0.15) is 11.2 Å². The standard InChI is InChI=1S/C26H32N4O5/c1-9-18-22(30(23(32)34-25(3,4)5)24(33)35-26(6,7)8)27-14-19(28-18)17-12-13-20(31)29-21(17)15(2)16-10-11-16/h1,12-16H,10-11H2,2-8H3,(H,29,31). The van der Waals surface area contributed by atoms with E-state index in [0.29, 0.717) is 22.1 Å². The monoisotopic (exact) mass is 480 g/mol. The molecule has 35 heavy (non-hydrogen) atoms. The normalized spacial score (nSPS) is 14.6. The van der Waals surface area contributed by atoms with Gasteiger partial charge in [0.05, 0.1) is 11.9 Å². The summed E-state index contributed by atoms with van der Waals surface area (Å²) in [5.41, 5.74) is -0.180. The molecule has 1 aliphatic rings. The lowest BCUT2D eigenvalue weighted by Gasteiger charge is -2.28. The molecule has 0 radical (unpaired) electrons. The third kappa shape index (κ3) is 6.47. The molecule has 0 bridgehead atoms. The van der Waals surface area contributed by atoms with E-state index < -0.39 is 23.4 Å². The molecule has 2 aromatic heterocycles. The van der Waals surface area contributed by atoms with Crippen LogP contribution < -0.4 is 10.5 Å². The molecule has 1 fully saturated rings. The van der Waals surface area contributed by atoms with Crippen LogP contribution in [-0.4, -0.2) is 38.3 Å². The first-order valence-corrected chi connectivity index (χ1v) is 11.5. The molecule has 0 aliphatic heterocycles. The summed E-state index contributed by atoms with van der Waals surface area (Å²) in [5, 5.41) is 0. The van der Waals surface area contributed by atoms with Crippen molar-refractivity contribution in [2.45, 2.75) is 78.4 Å². The van der Waals surface area contributed by atoms with Gasteiger partial charge < -0.3 is 14.5 Å². The number of hydrogen-bond donors (Lipinski definition) is 1. The van der Waals surface area contributed by atoms with E-state index in [4.69, 9.17) is 15.9 Å². The minimum atomic E-state index is -0.989. The number of carbonyl (C=O) groups excluding carboxylic acids is 2. The molecule has 1 aliphatic carbocycles. The predicted octanol–water partition coefficient (Wildman–Crippen LogP) is 5.00. The maximum Gasteiger partial charge on any atom is 0.425 e. The van der Waals surface area contributed by atoms with Gasteiger partial charge in [-0.3, -0.25) is 4.79 Å². The summed E-state index contributed by atoms with van der Waals surface area (Å²) in [7, 11) is 0. The Morgan fingerprint density at radius 3 is 2.17 bits per heavy atom. The van der Waals surface area contributed by atoms with Gasteiger partial charge in [-0.1, -0.05) is 6.92 Å². The largest absolute Gasteiger partial charge is 0.443 e. The number of rotatable bonds is 4. The van der Waals surface area contributed by atoms with Gasteiger partial charge in [0, 0.05) is 17.3 Å². The van der Waals surface area contributed by atoms with Crippen LogP contribution >= 0.6 is 0 Å². The van der Waals surface area contributed by atoms with Gasteiger partial charge in [-0.25, -0.2) is 19.6 Å². The predicted molar refractivity (Wildman–Crippen MR) is 132 cm³/mol. The number of nitrogens with one attached hydrogen (secondary N) is 1. The van der Waals surface area contributed by atoms with Crippen molar-refractivity contribution in [1.29, 1.82) is 0 Å². The van der Waals surface area contributed by atoms with E-state index in [1.807, 2.05) is 0 Å². The van der Waals surface area contributed by atoms with E-state index in [1.54, 1.807) is 47.6 Å². The number of hydrogen-bond acceptors (Lipinski definition) is 7. The summed E-state index contributed by atoms with van der Waals surface area (Å²) in [6.45, 7) is 12.1. The maximum absolute atomic E-state index is 13.0. The molecular weight excluding hydrogens is 448 g/mol. The third-order valence-electron chi connectivity index (χ3n) is 5.26. The summed E-state index contributed by atoms with van der Waals surface area (Å²) in [6.07, 6.45) is 7.35. The Morgan fingerprint density at radius 1 is 1.11 bits per heavy atom. The summed E-state index contributed by atoms with van der Waals surface area (Å²) in [4.78, 5) is 50.5. The van der Waals surface area contributed by atoms with Crippen molar-refractivity contribution in [1.82, 2.24) is 15.0 Å². The zero-order valence-corrected chi connectivity index (χ0v) is 21.3. The number of carbonyl (C=O) groups is 2. The van der Waals surface area contributed by atoms with E-state index in [1.165, 1.54) is 12.3 Å². The van der Waals surface area contributed by atoms with Crippen molar-refractivity contribution in [3.05, 3.63) is 40.1 Å². The van der Waals surface area contributed by atoms with E-state index in [2.05, 4.69) is 27.8 Å². The van der Waals surface area contributed by atoms with Crippen LogP contribution in [0.4, 0.5) is 15.4 Å². The van der Waals surface area contributed by atoms with Crippen LogP contribution in [-0.2, 0) is 9.47 Å². The molecule has 0 aromatic carbocycles. The second-order valence-electron chi connectivity index (χ2n) is 10.6. The van der Waals surface area contributed by atoms with E-state index in [-0.39, 0.29) is 23.0 Å². The van der Waals surface area contributed by atoms with E-state index in [0.717, 1.165) is 18.5 Å². The van der Waals surface area contributed by atoms with Crippen molar-refractivity contribution in [3.63, 3.8) is 0 Å². The van der Waals surface area contributed by atoms with Crippen molar-refractivity contribution in [2.24, 2.45) is 5.92 Å². The molecule has 186 valence electrons. The molecule has 2 amide bonds. The second kappa shape index (κ2) is 9.53. The average molecular weight is 481 g/mol. The number of pyridine rings is 1. The number of H-pyrrole nitrogens is 1. The fourth-order valence-electron chi connectivity index (χ4n) is 3.54. The SMILES string of the molecule is C#Cc1nc(-c2ccc(=O)[nH]c2C(C)C2CC2)cnc1N(C(=O)OC(C)(C)C)C(=O)OC(C)(C)C. The Kier molecular flexibility index (Phi) is 7.06. The lowest BCUT2D eigenvalue weighted by molar-refractivity contribution is 0.0428. The summed E-state index contributed by atoms with van der Waals surface area (Å²) < 4.78 is 10.8. The van der Waals surface area contributed by atoms with Crippen LogP contribution in [0.1, 0.15) is 78.6 Å². The number of nitrogens with zero attached hydrogens (tertiary/aromatic N) is 3. The molecule has 9 nitrogen and oxygen atoms in total. The van der Waals surface area contributed by atoms with E-state index >= 15 is 0 Å². The fraction of sp³-hybridized carbons (Fsp3) is 0.500. The lowest BCUT2D eigenvalue weighted by Crippen LogP contribution is -2.44. The third-order valence-corrected chi connectivity index (χ3v) is 5.26. The molecule has 9 heteroatoms. The minimum Gasteiger partial charge on any atom is -0.443 e. The number of anilines is 1. The second-order valence-corrected chi connectivity index (χ2v) is 10.6. The molecule has 0 saturated heterocycles. The Labute approximate surface area is 205 Å². The minimum absolute atomic E-state index is 0.0459. The number of ether oxygens (including phenoxy) is 2. The molecule has 0 spiro atoms. The summed E-state index contributed by atoms with van der Waals surface area (Å²) >= 11 is 0. The van der Waals surface area contributed by atoms with Crippen LogP contribution in [0.5, 0.6) is 0 Å². The molecule has 1 unspecified atom stereocenters. The Bertz CT molecular complexity index is 1200. The summed E-state index contributed by atoms with van der Waals surface area (Å²) in [5.74, 6) is 2.84.